The smallest absolute Gasteiger partial charge is 0.374 e. The van der Waals surface area contributed by atoms with Gasteiger partial charge in [0.05, 0.1) is 0 Å². The fraction of sp³-hybridized carbons (Fsp3) is 0.600. The standard InChI is InChI=1S/C15H27O3PSi/c1-4-16-20(17-5-2,18-6-3)14-10-13-19-15-11-8-7-9-12-15/h7-9,11-12,19H,4-6,10,13-14H2,1-3H3. The van der Waals surface area contributed by atoms with Crippen molar-refractivity contribution < 1.29 is 13.3 Å². The van der Waals surface area contributed by atoms with Gasteiger partial charge in [0.2, 0.25) is 0 Å². The SMILES string of the molecule is CCO[Si](CCCPc1ccccc1)(OCC)OCC. The molecule has 0 aliphatic rings. The zero-order valence-corrected chi connectivity index (χ0v) is 14.9. The van der Waals surface area contributed by atoms with Crippen LogP contribution in [0.5, 0.6) is 0 Å². The summed E-state index contributed by atoms with van der Waals surface area (Å²) in [7, 11) is -1.58. The van der Waals surface area contributed by atoms with Crippen molar-refractivity contribution in [3.8, 4) is 0 Å². The largest absolute Gasteiger partial charge is 0.500 e. The van der Waals surface area contributed by atoms with E-state index in [2.05, 4.69) is 30.3 Å². The van der Waals surface area contributed by atoms with Crippen molar-refractivity contribution in [2.45, 2.75) is 33.2 Å². The molecule has 1 aromatic carbocycles. The summed E-state index contributed by atoms with van der Waals surface area (Å²) >= 11 is 0. The van der Waals surface area contributed by atoms with Gasteiger partial charge in [0, 0.05) is 25.9 Å². The molecule has 1 unspecified atom stereocenters. The first-order chi connectivity index (χ1) is 9.76. The van der Waals surface area contributed by atoms with Gasteiger partial charge in [-0.25, -0.2) is 0 Å². The van der Waals surface area contributed by atoms with Crippen LogP contribution in [0.2, 0.25) is 6.04 Å². The van der Waals surface area contributed by atoms with Crippen molar-refractivity contribution in [3.05, 3.63) is 30.3 Å². The van der Waals surface area contributed by atoms with Crippen molar-refractivity contribution in [2.24, 2.45) is 0 Å². The maximum atomic E-state index is 5.86. The van der Waals surface area contributed by atoms with Gasteiger partial charge in [-0.05, 0) is 38.7 Å². The number of benzene rings is 1. The highest BCUT2D eigenvalue weighted by Crippen LogP contribution is 2.21. The Morgan fingerprint density at radius 3 is 1.95 bits per heavy atom. The van der Waals surface area contributed by atoms with E-state index in [1.165, 1.54) is 11.5 Å². The Hall–Kier alpha value is -0.253. The van der Waals surface area contributed by atoms with Gasteiger partial charge in [-0.15, -0.1) is 0 Å². The minimum absolute atomic E-state index is 0.660. The van der Waals surface area contributed by atoms with Crippen LogP contribution in [0.3, 0.4) is 0 Å². The molecule has 20 heavy (non-hydrogen) atoms. The third kappa shape index (κ3) is 6.46. The number of hydrogen-bond acceptors (Lipinski definition) is 3. The van der Waals surface area contributed by atoms with E-state index in [0.717, 1.165) is 21.0 Å². The molecule has 0 aromatic heterocycles. The summed E-state index contributed by atoms with van der Waals surface area (Å²) in [6.45, 7) is 8.00. The summed E-state index contributed by atoms with van der Waals surface area (Å²) < 4.78 is 17.6. The Labute approximate surface area is 126 Å². The second-order valence-corrected chi connectivity index (χ2v) is 8.54. The molecule has 0 saturated heterocycles. The van der Waals surface area contributed by atoms with E-state index in [4.69, 9.17) is 13.3 Å². The molecule has 1 aromatic rings. The molecule has 0 heterocycles. The molecule has 0 N–H and O–H groups in total. The lowest BCUT2D eigenvalue weighted by atomic mass is 10.4. The molecule has 0 radical (unpaired) electrons. The molecule has 1 atom stereocenters. The quantitative estimate of drug-likeness (QED) is 0.356. The van der Waals surface area contributed by atoms with Gasteiger partial charge >= 0.3 is 8.80 Å². The second kappa shape index (κ2) is 10.5. The highest BCUT2D eigenvalue weighted by Gasteiger charge is 2.39. The fourth-order valence-corrected chi connectivity index (χ4v) is 6.13. The Bertz CT molecular complexity index is 331. The zero-order valence-electron chi connectivity index (χ0n) is 12.9. The topological polar surface area (TPSA) is 27.7 Å². The lowest BCUT2D eigenvalue weighted by Gasteiger charge is -2.28. The molecule has 1 rings (SSSR count). The van der Waals surface area contributed by atoms with Gasteiger partial charge in [-0.1, -0.05) is 38.9 Å². The third-order valence-electron chi connectivity index (χ3n) is 2.86. The van der Waals surface area contributed by atoms with Crippen LogP contribution >= 0.6 is 8.58 Å². The average Bonchev–Trinajstić information content (AvgIpc) is 2.46. The van der Waals surface area contributed by atoms with Gasteiger partial charge < -0.3 is 13.3 Å². The molecule has 0 spiro atoms. The van der Waals surface area contributed by atoms with E-state index in [1.54, 1.807) is 0 Å². The Morgan fingerprint density at radius 2 is 1.45 bits per heavy atom. The maximum absolute atomic E-state index is 5.86. The molecule has 0 amide bonds. The van der Waals surface area contributed by atoms with Crippen LogP contribution in [0.4, 0.5) is 0 Å². The third-order valence-corrected chi connectivity index (χ3v) is 7.35. The highest BCUT2D eigenvalue weighted by molar-refractivity contribution is 7.47. The average molecular weight is 314 g/mol. The predicted octanol–water partition coefficient (Wildman–Crippen LogP) is 3.43. The Kier molecular flexibility index (Phi) is 9.32. The lowest BCUT2D eigenvalue weighted by Crippen LogP contribution is -2.46. The van der Waals surface area contributed by atoms with Crippen LogP contribution < -0.4 is 5.30 Å². The minimum Gasteiger partial charge on any atom is -0.374 e. The molecular weight excluding hydrogens is 287 g/mol. The summed E-state index contributed by atoms with van der Waals surface area (Å²) in [5.41, 5.74) is 0. The lowest BCUT2D eigenvalue weighted by molar-refractivity contribution is 0.0712. The van der Waals surface area contributed by atoms with E-state index < -0.39 is 8.80 Å². The van der Waals surface area contributed by atoms with Crippen LogP contribution in [-0.4, -0.2) is 34.8 Å². The van der Waals surface area contributed by atoms with E-state index >= 15 is 0 Å². The first kappa shape index (κ1) is 17.8. The van der Waals surface area contributed by atoms with Gasteiger partial charge in [0.15, 0.2) is 0 Å². The Morgan fingerprint density at radius 1 is 0.900 bits per heavy atom. The van der Waals surface area contributed by atoms with E-state index in [0.29, 0.717) is 19.8 Å². The number of hydrogen-bond donors (Lipinski definition) is 0. The molecule has 0 bridgehead atoms. The van der Waals surface area contributed by atoms with Gasteiger partial charge in [0.25, 0.3) is 0 Å². The van der Waals surface area contributed by atoms with E-state index in [-0.39, 0.29) is 0 Å². The summed E-state index contributed by atoms with van der Waals surface area (Å²) in [6.07, 6.45) is 2.27. The van der Waals surface area contributed by atoms with Crippen LogP contribution in [0, 0.1) is 0 Å². The second-order valence-electron chi connectivity index (χ2n) is 4.38. The molecule has 5 heteroatoms. The van der Waals surface area contributed by atoms with Crippen molar-refractivity contribution in [2.75, 3.05) is 26.0 Å². The van der Waals surface area contributed by atoms with Crippen LogP contribution in [0.15, 0.2) is 30.3 Å². The Balaban J connectivity index is 2.40. The first-order valence-corrected chi connectivity index (χ1v) is 10.6. The normalized spacial score (nSPS) is 12.3. The zero-order chi connectivity index (χ0) is 14.7. The minimum atomic E-state index is -2.43. The van der Waals surface area contributed by atoms with Crippen molar-refractivity contribution in [1.82, 2.24) is 0 Å². The van der Waals surface area contributed by atoms with Crippen LogP contribution in [-0.2, 0) is 13.3 Å². The molecule has 0 fully saturated rings. The highest BCUT2D eigenvalue weighted by atomic mass is 31.1. The van der Waals surface area contributed by atoms with Gasteiger partial charge in [-0.3, -0.25) is 0 Å². The number of rotatable bonds is 11. The first-order valence-electron chi connectivity index (χ1n) is 7.47. The molecule has 0 aliphatic heterocycles. The molecule has 0 saturated carbocycles. The van der Waals surface area contributed by atoms with Crippen molar-refractivity contribution in [1.29, 1.82) is 0 Å². The van der Waals surface area contributed by atoms with Crippen LogP contribution in [0.25, 0.3) is 0 Å². The van der Waals surface area contributed by atoms with E-state index in [1.807, 2.05) is 20.8 Å². The van der Waals surface area contributed by atoms with Crippen molar-refractivity contribution >= 4 is 22.7 Å². The van der Waals surface area contributed by atoms with Crippen LogP contribution in [0.1, 0.15) is 27.2 Å². The van der Waals surface area contributed by atoms with E-state index in [9.17, 15) is 0 Å². The molecule has 3 nitrogen and oxygen atoms in total. The predicted molar refractivity (Wildman–Crippen MR) is 89.3 cm³/mol. The molecule has 0 aliphatic carbocycles. The maximum Gasteiger partial charge on any atom is 0.500 e. The fourth-order valence-electron chi connectivity index (χ4n) is 2.09. The molecule has 114 valence electrons. The summed E-state index contributed by atoms with van der Waals surface area (Å²) in [5, 5.41) is 1.42. The van der Waals surface area contributed by atoms with Gasteiger partial charge in [-0.2, -0.15) is 0 Å². The van der Waals surface area contributed by atoms with Gasteiger partial charge in [0.1, 0.15) is 0 Å². The summed E-state index contributed by atoms with van der Waals surface area (Å²) in [6, 6.07) is 11.6. The summed E-state index contributed by atoms with van der Waals surface area (Å²) in [4.78, 5) is 0. The summed E-state index contributed by atoms with van der Waals surface area (Å²) in [5.74, 6) is 0. The molecular formula is C15H27O3PSi. The monoisotopic (exact) mass is 314 g/mol. The van der Waals surface area contributed by atoms with Crippen molar-refractivity contribution in [3.63, 3.8) is 0 Å².